The molecule has 0 spiro atoms. The molecule has 0 bridgehead atoms. The maximum atomic E-state index is 12.3. The number of amides is 1. The van der Waals surface area contributed by atoms with E-state index in [0.717, 1.165) is 47.3 Å². The van der Waals surface area contributed by atoms with Crippen molar-refractivity contribution in [1.82, 2.24) is 4.90 Å². The fraction of sp³-hybridized carbons (Fsp3) is 0.533. The van der Waals surface area contributed by atoms with Crippen molar-refractivity contribution in [2.75, 3.05) is 13.1 Å². The van der Waals surface area contributed by atoms with Gasteiger partial charge in [-0.05, 0) is 44.4 Å². The van der Waals surface area contributed by atoms with E-state index >= 15 is 0 Å². The molecular formula is C15H21BrN2O2. The molecule has 0 aromatic heterocycles. The summed E-state index contributed by atoms with van der Waals surface area (Å²) in [5.41, 5.74) is 7.67. The number of nitrogens with two attached hydrogens (primary N) is 1. The summed E-state index contributed by atoms with van der Waals surface area (Å²) in [7, 11) is 0. The van der Waals surface area contributed by atoms with Gasteiger partial charge in [0.1, 0.15) is 5.75 Å². The molecule has 0 radical (unpaired) electrons. The molecule has 1 aromatic carbocycles. The van der Waals surface area contributed by atoms with Gasteiger partial charge in [0.2, 0.25) is 0 Å². The van der Waals surface area contributed by atoms with Crippen molar-refractivity contribution in [1.29, 1.82) is 0 Å². The third-order valence-electron chi connectivity index (χ3n) is 3.60. The topological polar surface area (TPSA) is 55.6 Å². The summed E-state index contributed by atoms with van der Waals surface area (Å²) in [6.07, 6.45) is 1.70. The van der Waals surface area contributed by atoms with Crippen LogP contribution >= 0.6 is 15.9 Å². The summed E-state index contributed by atoms with van der Waals surface area (Å²) in [6, 6.07) is 3.91. The van der Waals surface area contributed by atoms with E-state index in [1.165, 1.54) is 0 Å². The summed E-state index contributed by atoms with van der Waals surface area (Å²) < 4.78 is 6.88. The first-order valence-corrected chi connectivity index (χ1v) is 7.76. The minimum Gasteiger partial charge on any atom is -0.480 e. The molecule has 2 rings (SSSR count). The molecule has 110 valence electrons. The fourth-order valence-corrected chi connectivity index (χ4v) is 3.16. The van der Waals surface area contributed by atoms with E-state index in [1.54, 1.807) is 0 Å². The SMILES string of the molecule is Cc1cc(Br)cc(CN)c1OC(C)C(=O)N1CCCC1. The average molecular weight is 341 g/mol. The molecule has 5 heteroatoms. The quantitative estimate of drug-likeness (QED) is 0.916. The zero-order chi connectivity index (χ0) is 14.7. The van der Waals surface area contributed by atoms with Gasteiger partial charge in [0.25, 0.3) is 5.91 Å². The maximum Gasteiger partial charge on any atom is 0.263 e. The molecule has 1 unspecified atom stereocenters. The number of hydrogen-bond donors (Lipinski definition) is 1. The van der Waals surface area contributed by atoms with Gasteiger partial charge in [0.15, 0.2) is 6.10 Å². The Morgan fingerprint density at radius 2 is 2.10 bits per heavy atom. The second-order valence-electron chi connectivity index (χ2n) is 5.21. The first-order chi connectivity index (χ1) is 9.52. The van der Waals surface area contributed by atoms with Gasteiger partial charge in [-0.3, -0.25) is 4.79 Å². The van der Waals surface area contributed by atoms with Gasteiger partial charge >= 0.3 is 0 Å². The summed E-state index contributed by atoms with van der Waals surface area (Å²) in [4.78, 5) is 14.2. The molecule has 1 fully saturated rings. The Bertz CT molecular complexity index is 499. The second-order valence-corrected chi connectivity index (χ2v) is 6.12. The lowest BCUT2D eigenvalue weighted by Gasteiger charge is -2.23. The molecule has 1 aliphatic rings. The van der Waals surface area contributed by atoms with Crippen LogP contribution < -0.4 is 10.5 Å². The van der Waals surface area contributed by atoms with Crippen LogP contribution in [0.3, 0.4) is 0 Å². The van der Waals surface area contributed by atoms with Crippen molar-refractivity contribution >= 4 is 21.8 Å². The van der Waals surface area contributed by atoms with Crippen LogP contribution in [-0.4, -0.2) is 30.0 Å². The third kappa shape index (κ3) is 3.33. The van der Waals surface area contributed by atoms with E-state index in [0.29, 0.717) is 6.54 Å². The van der Waals surface area contributed by atoms with Crippen LogP contribution in [0.4, 0.5) is 0 Å². The monoisotopic (exact) mass is 340 g/mol. The highest BCUT2D eigenvalue weighted by Crippen LogP contribution is 2.29. The molecule has 1 aromatic rings. The van der Waals surface area contributed by atoms with Crippen molar-refractivity contribution in [3.8, 4) is 5.75 Å². The first kappa shape index (κ1) is 15.3. The van der Waals surface area contributed by atoms with Gasteiger partial charge in [-0.1, -0.05) is 15.9 Å². The van der Waals surface area contributed by atoms with Gasteiger partial charge in [0.05, 0.1) is 0 Å². The van der Waals surface area contributed by atoms with Crippen LogP contribution in [0.2, 0.25) is 0 Å². The van der Waals surface area contributed by atoms with Crippen molar-refractivity contribution in [2.45, 2.75) is 39.3 Å². The van der Waals surface area contributed by atoms with Crippen LogP contribution in [0.15, 0.2) is 16.6 Å². The van der Waals surface area contributed by atoms with Crippen LogP contribution in [-0.2, 0) is 11.3 Å². The Hall–Kier alpha value is -1.07. The van der Waals surface area contributed by atoms with E-state index in [2.05, 4.69) is 15.9 Å². The Kier molecular flexibility index (Phi) is 5.05. The van der Waals surface area contributed by atoms with Crippen LogP contribution in [0, 0.1) is 6.92 Å². The molecular weight excluding hydrogens is 320 g/mol. The predicted molar refractivity (Wildman–Crippen MR) is 82.7 cm³/mol. The van der Waals surface area contributed by atoms with Crippen LogP contribution in [0.1, 0.15) is 30.9 Å². The predicted octanol–water partition coefficient (Wildman–Crippen LogP) is 2.61. The summed E-state index contributed by atoms with van der Waals surface area (Å²) in [5.74, 6) is 0.795. The smallest absolute Gasteiger partial charge is 0.263 e. The van der Waals surface area contributed by atoms with Gasteiger partial charge in [-0.15, -0.1) is 0 Å². The number of hydrogen-bond acceptors (Lipinski definition) is 3. The normalized spacial score (nSPS) is 16.3. The lowest BCUT2D eigenvalue weighted by molar-refractivity contribution is -0.136. The van der Waals surface area contributed by atoms with Gasteiger partial charge in [-0.2, -0.15) is 0 Å². The first-order valence-electron chi connectivity index (χ1n) is 6.97. The molecule has 0 aliphatic carbocycles. The van der Waals surface area contributed by atoms with Gasteiger partial charge < -0.3 is 15.4 Å². The standard InChI is InChI=1S/C15H21BrN2O2/c1-10-7-13(16)8-12(9-17)14(10)20-11(2)15(19)18-5-3-4-6-18/h7-8,11H,3-6,9,17H2,1-2H3. The van der Waals surface area contributed by atoms with Crippen molar-refractivity contribution in [2.24, 2.45) is 5.73 Å². The zero-order valence-corrected chi connectivity index (χ0v) is 13.6. The van der Waals surface area contributed by atoms with Crippen molar-refractivity contribution in [3.05, 3.63) is 27.7 Å². The number of carbonyl (C=O) groups is 1. The van der Waals surface area contributed by atoms with Crippen LogP contribution in [0.25, 0.3) is 0 Å². The molecule has 1 atom stereocenters. The number of carbonyl (C=O) groups excluding carboxylic acids is 1. The zero-order valence-electron chi connectivity index (χ0n) is 12.0. The highest BCUT2D eigenvalue weighted by Gasteiger charge is 2.25. The molecule has 1 amide bonds. The van der Waals surface area contributed by atoms with E-state index in [-0.39, 0.29) is 5.91 Å². The third-order valence-corrected chi connectivity index (χ3v) is 4.05. The number of ether oxygens (including phenoxy) is 1. The van der Waals surface area contributed by atoms with E-state index in [1.807, 2.05) is 30.9 Å². The summed E-state index contributed by atoms with van der Waals surface area (Å²) in [6.45, 7) is 5.85. The van der Waals surface area contributed by atoms with E-state index in [4.69, 9.17) is 10.5 Å². The average Bonchev–Trinajstić information content (AvgIpc) is 2.94. The Labute approximate surface area is 128 Å². The highest BCUT2D eigenvalue weighted by molar-refractivity contribution is 9.10. The lowest BCUT2D eigenvalue weighted by Crippen LogP contribution is -2.38. The molecule has 4 nitrogen and oxygen atoms in total. The second kappa shape index (κ2) is 6.59. The highest BCUT2D eigenvalue weighted by atomic mass is 79.9. The molecule has 1 aliphatic heterocycles. The Morgan fingerprint density at radius 3 is 2.70 bits per heavy atom. The Balaban J connectivity index is 2.14. The summed E-state index contributed by atoms with van der Waals surface area (Å²) >= 11 is 3.45. The number of rotatable bonds is 4. The maximum absolute atomic E-state index is 12.3. The van der Waals surface area contributed by atoms with E-state index in [9.17, 15) is 4.79 Å². The van der Waals surface area contributed by atoms with Crippen molar-refractivity contribution < 1.29 is 9.53 Å². The number of benzene rings is 1. The lowest BCUT2D eigenvalue weighted by atomic mass is 10.1. The molecule has 1 saturated heterocycles. The molecule has 0 saturated carbocycles. The Morgan fingerprint density at radius 1 is 1.45 bits per heavy atom. The minimum atomic E-state index is -0.474. The molecule has 1 heterocycles. The molecule has 20 heavy (non-hydrogen) atoms. The van der Waals surface area contributed by atoms with E-state index < -0.39 is 6.10 Å². The number of aryl methyl sites for hydroxylation is 1. The number of halogens is 1. The van der Waals surface area contributed by atoms with Gasteiger partial charge in [-0.25, -0.2) is 0 Å². The summed E-state index contributed by atoms with van der Waals surface area (Å²) in [5, 5.41) is 0. The fourth-order valence-electron chi connectivity index (χ4n) is 2.54. The van der Waals surface area contributed by atoms with Crippen molar-refractivity contribution in [3.63, 3.8) is 0 Å². The number of likely N-dealkylation sites (tertiary alicyclic amines) is 1. The largest absolute Gasteiger partial charge is 0.480 e. The van der Waals surface area contributed by atoms with Gasteiger partial charge in [0, 0.05) is 29.7 Å². The van der Waals surface area contributed by atoms with Crippen LogP contribution in [0.5, 0.6) is 5.75 Å². The number of nitrogens with zero attached hydrogens (tertiary/aromatic N) is 1. The minimum absolute atomic E-state index is 0.0628. The molecule has 2 N–H and O–H groups in total.